The number of carbonyl (C=O) groups excluding carboxylic acids is 1. The number of amides is 1. The monoisotopic (exact) mass is 198 g/mol. The average molecular weight is 198 g/mol. The molecule has 1 aromatic rings. The second-order valence-corrected chi connectivity index (χ2v) is 2.65. The summed E-state index contributed by atoms with van der Waals surface area (Å²) in [5.41, 5.74) is 5.31. The first-order chi connectivity index (χ1) is 6.63. The van der Waals surface area contributed by atoms with Crippen LogP contribution in [0, 0.1) is 5.82 Å². The van der Waals surface area contributed by atoms with Crippen LogP contribution in [0.2, 0.25) is 0 Å². The van der Waals surface area contributed by atoms with E-state index < -0.39 is 5.82 Å². The van der Waals surface area contributed by atoms with Gasteiger partial charge in [-0.1, -0.05) is 0 Å². The number of ether oxygens (including phenoxy) is 1. The largest absolute Gasteiger partial charge is 0.484 e. The van der Waals surface area contributed by atoms with Gasteiger partial charge in [0.2, 0.25) is 0 Å². The van der Waals surface area contributed by atoms with Crippen molar-refractivity contribution in [1.29, 1.82) is 0 Å². The van der Waals surface area contributed by atoms with Crippen LogP contribution in [-0.2, 0) is 4.79 Å². The van der Waals surface area contributed by atoms with E-state index in [1.54, 1.807) is 0 Å². The first-order valence-corrected chi connectivity index (χ1v) is 4.02. The van der Waals surface area contributed by atoms with Gasteiger partial charge in [-0.25, -0.2) is 4.39 Å². The summed E-state index contributed by atoms with van der Waals surface area (Å²) in [5.74, 6) is -0.554. The van der Waals surface area contributed by atoms with Gasteiger partial charge >= 0.3 is 0 Å². The zero-order valence-electron chi connectivity index (χ0n) is 7.71. The summed E-state index contributed by atoms with van der Waals surface area (Å²) in [6.45, 7) is -0.139. The van der Waals surface area contributed by atoms with Crippen molar-refractivity contribution in [2.24, 2.45) is 0 Å². The third-order valence-corrected chi connectivity index (χ3v) is 1.62. The molecule has 0 radical (unpaired) electrons. The van der Waals surface area contributed by atoms with Gasteiger partial charge in [-0.2, -0.15) is 0 Å². The van der Waals surface area contributed by atoms with Crippen LogP contribution in [0.25, 0.3) is 0 Å². The van der Waals surface area contributed by atoms with Crippen LogP contribution < -0.4 is 15.8 Å². The van der Waals surface area contributed by atoms with Gasteiger partial charge in [-0.15, -0.1) is 0 Å². The van der Waals surface area contributed by atoms with Crippen molar-refractivity contribution >= 4 is 11.6 Å². The fourth-order valence-corrected chi connectivity index (χ4v) is 0.819. The molecule has 1 amide bonds. The second kappa shape index (κ2) is 4.45. The molecule has 0 heterocycles. The number of rotatable bonds is 3. The Hall–Kier alpha value is -1.78. The van der Waals surface area contributed by atoms with Crippen molar-refractivity contribution in [2.75, 3.05) is 19.4 Å². The third-order valence-electron chi connectivity index (χ3n) is 1.62. The van der Waals surface area contributed by atoms with E-state index in [2.05, 4.69) is 5.32 Å². The Bertz CT molecular complexity index is 342. The summed E-state index contributed by atoms with van der Waals surface area (Å²) >= 11 is 0. The van der Waals surface area contributed by atoms with Gasteiger partial charge in [0.1, 0.15) is 11.6 Å². The molecule has 0 spiro atoms. The Labute approximate surface area is 80.9 Å². The van der Waals surface area contributed by atoms with Gasteiger partial charge in [-0.05, 0) is 12.1 Å². The number of halogens is 1. The molecular formula is C9H11FN2O2. The number of hydrogen-bond acceptors (Lipinski definition) is 3. The molecule has 0 bridgehead atoms. The quantitative estimate of drug-likeness (QED) is 0.696. The Morgan fingerprint density at radius 2 is 2.36 bits per heavy atom. The minimum Gasteiger partial charge on any atom is -0.484 e. The summed E-state index contributed by atoms with van der Waals surface area (Å²) in [6, 6.07) is 4.02. The average Bonchev–Trinajstić information content (AvgIpc) is 2.19. The van der Waals surface area contributed by atoms with E-state index in [-0.39, 0.29) is 24.0 Å². The summed E-state index contributed by atoms with van der Waals surface area (Å²) in [5, 5.41) is 2.38. The van der Waals surface area contributed by atoms with E-state index in [0.717, 1.165) is 6.07 Å². The molecule has 0 atom stereocenters. The maximum absolute atomic E-state index is 12.9. The van der Waals surface area contributed by atoms with Crippen LogP contribution in [0.5, 0.6) is 5.75 Å². The van der Waals surface area contributed by atoms with Crippen molar-refractivity contribution in [1.82, 2.24) is 5.32 Å². The fraction of sp³-hybridized carbons (Fsp3) is 0.222. The first kappa shape index (κ1) is 10.3. The van der Waals surface area contributed by atoms with Crippen molar-refractivity contribution < 1.29 is 13.9 Å². The van der Waals surface area contributed by atoms with Gasteiger partial charge in [-0.3, -0.25) is 4.79 Å². The maximum atomic E-state index is 12.9. The lowest BCUT2D eigenvalue weighted by Gasteiger charge is -2.05. The molecule has 0 unspecified atom stereocenters. The molecule has 1 aromatic carbocycles. The number of hydrogen-bond donors (Lipinski definition) is 2. The summed E-state index contributed by atoms with van der Waals surface area (Å²) in [4.78, 5) is 10.8. The molecule has 5 heteroatoms. The molecular weight excluding hydrogens is 187 g/mol. The highest BCUT2D eigenvalue weighted by atomic mass is 19.1. The summed E-state index contributed by atoms with van der Waals surface area (Å²) in [7, 11) is 1.50. The Morgan fingerprint density at radius 1 is 1.64 bits per heavy atom. The second-order valence-electron chi connectivity index (χ2n) is 2.65. The van der Waals surface area contributed by atoms with Gasteiger partial charge < -0.3 is 15.8 Å². The molecule has 14 heavy (non-hydrogen) atoms. The fourth-order valence-electron chi connectivity index (χ4n) is 0.819. The van der Waals surface area contributed by atoms with Gasteiger partial charge in [0, 0.05) is 13.1 Å². The number of benzene rings is 1. The van der Waals surface area contributed by atoms with Crippen molar-refractivity contribution in [2.45, 2.75) is 0 Å². The Balaban J connectivity index is 2.60. The first-order valence-electron chi connectivity index (χ1n) is 4.02. The van der Waals surface area contributed by atoms with Crippen LogP contribution in [0.1, 0.15) is 0 Å². The van der Waals surface area contributed by atoms with E-state index in [9.17, 15) is 9.18 Å². The molecule has 0 saturated carbocycles. The van der Waals surface area contributed by atoms with Crippen molar-refractivity contribution in [3.63, 3.8) is 0 Å². The normalized spacial score (nSPS) is 9.57. The molecule has 0 aliphatic rings. The molecule has 0 aromatic heterocycles. The van der Waals surface area contributed by atoms with Gasteiger partial charge in [0.25, 0.3) is 5.91 Å². The molecule has 0 aliphatic carbocycles. The number of anilines is 1. The highest BCUT2D eigenvalue weighted by Crippen LogP contribution is 2.17. The molecule has 0 fully saturated rings. The van der Waals surface area contributed by atoms with Crippen LogP contribution in [0.4, 0.5) is 10.1 Å². The Kier molecular flexibility index (Phi) is 3.28. The van der Waals surface area contributed by atoms with Crippen LogP contribution in [0.15, 0.2) is 18.2 Å². The lowest BCUT2D eigenvalue weighted by Crippen LogP contribution is -2.24. The smallest absolute Gasteiger partial charge is 0.257 e. The molecule has 0 aliphatic heterocycles. The summed E-state index contributed by atoms with van der Waals surface area (Å²) in [6.07, 6.45) is 0. The molecule has 76 valence electrons. The number of nitrogens with two attached hydrogens (primary N) is 1. The van der Waals surface area contributed by atoms with Crippen molar-refractivity contribution in [3.05, 3.63) is 24.0 Å². The molecule has 4 nitrogen and oxygen atoms in total. The minimum atomic E-state index is -0.556. The van der Waals surface area contributed by atoms with E-state index in [1.165, 1.54) is 19.2 Å². The van der Waals surface area contributed by atoms with Crippen molar-refractivity contribution in [3.8, 4) is 5.75 Å². The SMILES string of the molecule is CNC(=O)COc1ccc(N)c(F)c1. The Morgan fingerprint density at radius 3 is 2.93 bits per heavy atom. The minimum absolute atomic E-state index is 0.0530. The highest BCUT2D eigenvalue weighted by molar-refractivity contribution is 5.77. The van der Waals surface area contributed by atoms with E-state index in [4.69, 9.17) is 10.5 Å². The van der Waals surface area contributed by atoms with Gasteiger partial charge in [0.05, 0.1) is 5.69 Å². The third kappa shape index (κ3) is 2.62. The van der Waals surface area contributed by atoms with E-state index in [0.29, 0.717) is 0 Å². The summed E-state index contributed by atoms with van der Waals surface area (Å²) < 4.78 is 17.9. The maximum Gasteiger partial charge on any atom is 0.257 e. The predicted molar refractivity (Wildman–Crippen MR) is 50.4 cm³/mol. The predicted octanol–water partition coefficient (Wildman–Crippen LogP) is 0.533. The lowest BCUT2D eigenvalue weighted by atomic mass is 10.3. The molecule has 3 N–H and O–H groups in total. The standard InChI is InChI=1S/C9H11FN2O2/c1-12-9(13)5-14-6-2-3-8(11)7(10)4-6/h2-4H,5,11H2,1H3,(H,12,13). The van der Waals surface area contributed by atoms with Crippen LogP contribution in [0.3, 0.4) is 0 Å². The van der Waals surface area contributed by atoms with E-state index in [1.807, 2.05) is 0 Å². The van der Waals surface area contributed by atoms with E-state index >= 15 is 0 Å². The number of nitrogens with one attached hydrogen (secondary N) is 1. The zero-order valence-corrected chi connectivity index (χ0v) is 7.71. The molecule has 1 rings (SSSR count). The number of nitrogen functional groups attached to an aromatic ring is 1. The number of likely N-dealkylation sites (N-methyl/N-ethyl adjacent to an activating group) is 1. The molecule has 0 saturated heterocycles. The topological polar surface area (TPSA) is 64.3 Å². The lowest BCUT2D eigenvalue weighted by molar-refractivity contribution is -0.122. The highest BCUT2D eigenvalue weighted by Gasteiger charge is 2.02. The zero-order chi connectivity index (χ0) is 10.6. The van der Waals surface area contributed by atoms with Crippen LogP contribution >= 0.6 is 0 Å². The van der Waals surface area contributed by atoms with Gasteiger partial charge in [0.15, 0.2) is 6.61 Å². The van der Waals surface area contributed by atoms with Crippen LogP contribution in [-0.4, -0.2) is 19.6 Å². The number of carbonyl (C=O) groups is 1.